The first kappa shape index (κ1) is 19.7. The number of hydrogen-bond acceptors (Lipinski definition) is 5. The summed E-state index contributed by atoms with van der Waals surface area (Å²) < 4.78 is 11.0. The molecule has 26 heavy (non-hydrogen) atoms. The van der Waals surface area contributed by atoms with Crippen LogP contribution in [-0.2, 0) is 23.9 Å². The van der Waals surface area contributed by atoms with E-state index in [1.807, 2.05) is 13.0 Å². The summed E-state index contributed by atoms with van der Waals surface area (Å²) in [7, 11) is 0. The lowest BCUT2D eigenvalue weighted by molar-refractivity contribution is -0.147. The highest BCUT2D eigenvalue weighted by molar-refractivity contribution is 5.92. The van der Waals surface area contributed by atoms with Gasteiger partial charge in [0.2, 0.25) is 0 Å². The summed E-state index contributed by atoms with van der Waals surface area (Å²) in [6, 6.07) is 0. The zero-order valence-electron chi connectivity index (χ0n) is 15.3. The number of carbonyl (C=O) groups is 3. The van der Waals surface area contributed by atoms with Gasteiger partial charge in [0.25, 0.3) is 0 Å². The molecule has 0 spiro atoms. The van der Waals surface area contributed by atoms with Crippen molar-refractivity contribution in [1.29, 1.82) is 0 Å². The molecule has 0 aromatic carbocycles. The molecular formula is C20H24O6. The van der Waals surface area contributed by atoms with Crippen molar-refractivity contribution in [2.75, 3.05) is 0 Å². The number of esters is 2. The van der Waals surface area contributed by atoms with Crippen LogP contribution in [0.15, 0.2) is 47.1 Å². The van der Waals surface area contributed by atoms with E-state index in [1.54, 1.807) is 19.9 Å². The molecule has 1 heterocycles. The van der Waals surface area contributed by atoms with Crippen molar-refractivity contribution in [3.8, 4) is 0 Å². The molecule has 1 saturated heterocycles. The molecule has 0 aromatic heterocycles. The topological polar surface area (TPSA) is 89.9 Å². The summed E-state index contributed by atoms with van der Waals surface area (Å²) in [4.78, 5) is 35.8. The van der Waals surface area contributed by atoms with Crippen molar-refractivity contribution in [3.63, 3.8) is 0 Å². The molecule has 1 fully saturated rings. The fraction of sp³-hybridized carbons (Fsp3) is 0.450. The molecule has 3 unspecified atom stereocenters. The molecule has 0 aromatic rings. The molecule has 6 nitrogen and oxygen atoms in total. The van der Waals surface area contributed by atoms with Gasteiger partial charge < -0.3 is 14.6 Å². The van der Waals surface area contributed by atoms with E-state index in [2.05, 4.69) is 6.58 Å². The minimum absolute atomic E-state index is 0.170. The van der Waals surface area contributed by atoms with Crippen LogP contribution in [0.2, 0.25) is 0 Å². The van der Waals surface area contributed by atoms with Crippen LogP contribution >= 0.6 is 0 Å². The Bertz CT molecular complexity index is 725. The first-order valence-electron chi connectivity index (χ1n) is 8.57. The summed E-state index contributed by atoms with van der Waals surface area (Å²) in [6.07, 6.45) is 4.86. The maximum absolute atomic E-state index is 12.3. The second kappa shape index (κ2) is 8.17. The van der Waals surface area contributed by atoms with Crippen molar-refractivity contribution in [1.82, 2.24) is 0 Å². The van der Waals surface area contributed by atoms with E-state index in [4.69, 9.17) is 9.47 Å². The second-order valence-electron chi connectivity index (χ2n) is 6.63. The Morgan fingerprint density at radius 3 is 2.73 bits per heavy atom. The highest BCUT2D eigenvalue weighted by Crippen LogP contribution is 2.36. The Morgan fingerprint density at radius 1 is 1.42 bits per heavy atom. The number of aliphatic carboxylic acids is 1. The van der Waals surface area contributed by atoms with Crippen molar-refractivity contribution >= 4 is 17.9 Å². The summed E-state index contributed by atoms with van der Waals surface area (Å²) in [6.45, 7) is 9.07. The lowest BCUT2D eigenvalue weighted by Crippen LogP contribution is -2.34. The summed E-state index contributed by atoms with van der Waals surface area (Å²) >= 11 is 0. The first-order chi connectivity index (χ1) is 12.2. The molecule has 0 bridgehead atoms. The van der Waals surface area contributed by atoms with Crippen LogP contribution in [0.3, 0.4) is 0 Å². The number of allylic oxidation sites excluding steroid dienone is 2. The van der Waals surface area contributed by atoms with Gasteiger partial charge in [-0.3, -0.25) is 0 Å². The van der Waals surface area contributed by atoms with Crippen molar-refractivity contribution < 1.29 is 29.0 Å². The average molecular weight is 360 g/mol. The zero-order chi connectivity index (χ0) is 19.4. The lowest BCUT2D eigenvalue weighted by atomic mass is 9.85. The molecular weight excluding hydrogens is 336 g/mol. The second-order valence-corrected chi connectivity index (χ2v) is 6.63. The third-order valence-electron chi connectivity index (χ3n) is 4.75. The number of hydrogen-bond donors (Lipinski definition) is 1. The SMILES string of the molecule is C=C1C(=O)OC2C=C(C(=O)O)CCC=C(C)CC(OC(=O)C(C)=CC)C12. The predicted octanol–water partition coefficient (Wildman–Crippen LogP) is 3.10. The molecule has 0 radical (unpaired) electrons. The van der Waals surface area contributed by atoms with Crippen LogP contribution in [0.1, 0.15) is 40.0 Å². The Labute approximate surface area is 152 Å². The van der Waals surface area contributed by atoms with E-state index < -0.39 is 36.0 Å². The van der Waals surface area contributed by atoms with E-state index in [1.165, 1.54) is 6.08 Å². The van der Waals surface area contributed by atoms with Gasteiger partial charge in [-0.15, -0.1) is 0 Å². The summed E-state index contributed by atoms with van der Waals surface area (Å²) in [5.74, 6) is -2.74. The average Bonchev–Trinajstić information content (AvgIpc) is 2.86. The molecule has 0 amide bonds. The van der Waals surface area contributed by atoms with Crippen molar-refractivity contribution in [2.24, 2.45) is 5.92 Å². The third kappa shape index (κ3) is 4.31. The molecule has 1 N–H and O–H groups in total. The fourth-order valence-corrected chi connectivity index (χ4v) is 3.11. The van der Waals surface area contributed by atoms with Gasteiger partial charge in [0, 0.05) is 23.1 Å². The van der Waals surface area contributed by atoms with E-state index in [0.717, 1.165) is 5.57 Å². The minimum atomic E-state index is -1.05. The number of rotatable bonds is 3. The molecule has 1 aliphatic carbocycles. The van der Waals surface area contributed by atoms with E-state index >= 15 is 0 Å². The molecule has 140 valence electrons. The molecule has 1 aliphatic heterocycles. The largest absolute Gasteiger partial charge is 0.478 e. The van der Waals surface area contributed by atoms with Gasteiger partial charge in [0.1, 0.15) is 12.2 Å². The predicted molar refractivity (Wildman–Crippen MR) is 95.1 cm³/mol. The fourth-order valence-electron chi connectivity index (χ4n) is 3.11. The van der Waals surface area contributed by atoms with E-state index in [9.17, 15) is 19.5 Å². The van der Waals surface area contributed by atoms with Crippen LogP contribution in [0.4, 0.5) is 0 Å². The monoisotopic (exact) mass is 360 g/mol. The lowest BCUT2D eigenvalue weighted by Gasteiger charge is -2.27. The molecule has 6 heteroatoms. The Morgan fingerprint density at radius 2 is 2.12 bits per heavy atom. The maximum atomic E-state index is 12.3. The zero-order valence-corrected chi connectivity index (χ0v) is 15.3. The Kier molecular flexibility index (Phi) is 6.18. The number of carboxylic acids is 1. The highest BCUT2D eigenvalue weighted by Gasteiger charge is 2.44. The normalized spacial score (nSPS) is 27.0. The smallest absolute Gasteiger partial charge is 0.334 e. The van der Waals surface area contributed by atoms with Crippen molar-refractivity contribution in [3.05, 3.63) is 47.1 Å². The molecule has 3 atom stereocenters. The van der Waals surface area contributed by atoms with E-state index in [-0.39, 0.29) is 11.1 Å². The summed E-state index contributed by atoms with van der Waals surface area (Å²) in [5.41, 5.74) is 1.78. The highest BCUT2D eigenvalue weighted by atomic mass is 16.6. The molecule has 2 aliphatic rings. The van der Waals surface area contributed by atoms with Gasteiger partial charge in [0.15, 0.2) is 0 Å². The molecule has 2 rings (SSSR count). The van der Waals surface area contributed by atoms with E-state index in [0.29, 0.717) is 24.8 Å². The number of carboxylic acid groups (broad SMARTS) is 1. The van der Waals surface area contributed by atoms with Gasteiger partial charge >= 0.3 is 17.9 Å². The standard InChI is InChI=1S/C20H24O6/c1-5-12(3)19(23)25-15-9-11(2)7-6-8-14(18(21)22)10-16-17(15)13(4)20(24)26-16/h5,7,10,15-17H,4,6,8-9H2,1-3H3,(H,21,22). The van der Waals surface area contributed by atoms with Crippen LogP contribution < -0.4 is 0 Å². The van der Waals surface area contributed by atoms with Crippen LogP contribution in [0, 0.1) is 5.92 Å². The number of carbonyl (C=O) groups excluding carboxylic acids is 2. The number of ether oxygens (including phenoxy) is 2. The van der Waals surface area contributed by atoms with Crippen LogP contribution in [0.5, 0.6) is 0 Å². The van der Waals surface area contributed by atoms with Gasteiger partial charge in [-0.2, -0.15) is 0 Å². The third-order valence-corrected chi connectivity index (χ3v) is 4.75. The molecule has 0 saturated carbocycles. The Hall–Kier alpha value is -2.63. The maximum Gasteiger partial charge on any atom is 0.334 e. The summed E-state index contributed by atoms with van der Waals surface area (Å²) in [5, 5.41) is 9.41. The Balaban J connectivity index is 2.45. The van der Waals surface area contributed by atoms with Gasteiger partial charge in [-0.1, -0.05) is 24.3 Å². The van der Waals surface area contributed by atoms with Gasteiger partial charge in [-0.05, 0) is 39.7 Å². The van der Waals surface area contributed by atoms with Crippen LogP contribution in [0.25, 0.3) is 0 Å². The first-order valence-corrected chi connectivity index (χ1v) is 8.57. The van der Waals surface area contributed by atoms with Crippen molar-refractivity contribution in [2.45, 2.75) is 52.2 Å². The minimum Gasteiger partial charge on any atom is -0.478 e. The number of fused-ring (bicyclic) bond motifs is 1. The van der Waals surface area contributed by atoms with Gasteiger partial charge in [0.05, 0.1) is 5.92 Å². The van der Waals surface area contributed by atoms with Crippen LogP contribution in [-0.4, -0.2) is 35.2 Å². The quantitative estimate of drug-likeness (QED) is 0.472. The van der Waals surface area contributed by atoms with Gasteiger partial charge in [-0.25, -0.2) is 14.4 Å².